The third-order valence-electron chi connectivity index (χ3n) is 4.02. The molecular weight excluding hydrogens is 304 g/mol. The molecule has 1 aromatic heterocycles. The lowest BCUT2D eigenvalue weighted by Gasteiger charge is -2.15. The number of Topliss-reactive ketones (excluding diaryl/α,β-unsaturated/α-hetero) is 1. The van der Waals surface area contributed by atoms with Crippen molar-refractivity contribution in [2.45, 2.75) is 12.3 Å². The van der Waals surface area contributed by atoms with Gasteiger partial charge in [0, 0.05) is 17.5 Å². The highest BCUT2D eigenvalue weighted by atomic mass is 16.6. The lowest BCUT2D eigenvalue weighted by Crippen LogP contribution is -2.17. The van der Waals surface area contributed by atoms with E-state index >= 15 is 0 Å². The Kier molecular flexibility index (Phi) is 4.61. The van der Waals surface area contributed by atoms with Crippen molar-refractivity contribution in [3.63, 3.8) is 0 Å². The van der Waals surface area contributed by atoms with Crippen molar-refractivity contribution in [1.29, 1.82) is 0 Å². The molecule has 5 heteroatoms. The van der Waals surface area contributed by atoms with Gasteiger partial charge < -0.3 is 0 Å². The summed E-state index contributed by atoms with van der Waals surface area (Å²) in [4.78, 5) is 27.3. The molecule has 0 saturated heterocycles. The third kappa shape index (κ3) is 3.46. The van der Waals surface area contributed by atoms with Crippen LogP contribution < -0.4 is 0 Å². The SMILES string of the molecule is O=C(C[C@H](C[N+](=O)[O-])c1cccc2ccccc12)c1ccccn1. The topological polar surface area (TPSA) is 73.1 Å². The van der Waals surface area contributed by atoms with Gasteiger partial charge in [0.25, 0.3) is 0 Å². The summed E-state index contributed by atoms with van der Waals surface area (Å²) in [6.07, 6.45) is 1.61. The molecule has 120 valence electrons. The third-order valence-corrected chi connectivity index (χ3v) is 4.02. The van der Waals surface area contributed by atoms with Crippen LogP contribution in [-0.2, 0) is 0 Å². The van der Waals surface area contributed by atoms with E-state index in [4.69, 9.17) is 0 Å². The van der Waals surface area contributed by atoms with Crippen LogP contribution in [0.3, 0.4) is 0 Å². The van der Waals surface area contributed by atoms with Gasteiger partial charge in [-0.2, -0.15) is 0 Å². The summed E-state index contributed by atoms with van der Waals surface area (Å²) >= 11 is 0. The van der Waals surface area contributed by atoms with Crippen LogP contribution >= 0.6 is 0 Å². The number of ketones is 1. The molecule has 1 heterocycles. The number of nitro groups is 1. The van der Waals surface area contributed by atoms with E-state index in [1.807, 2.05) is 42.5 Å². The molecule has 0 aliphatic carbocycles. The smallest absolute Gasteiger partial charge is 0.211 e. The van der Waals surface area contributed by atoms with E-state index in [2.05, 4.69) is 4.98 Å². The minimum absolute atomic E-state index is 0.0615. The van der Waals surface area contributed by atoms with Crippen molar-refractivity contribution in [3.05, 3.63) is 88.2 Å². The highest BCUT2D eigenvalue weighted by Crippen LogP contribution is 2.29. The molecule has 0 radical (unpaired) electrons. The number of rotatable bonds is 6. The maximum absolute atomic E-state index is 12.5. The highest BCUT2D eigenvalue weighted by Gasteiger charge is 2.24. The molecule has 0 N–H and O–H groups in total. The average molecular weight is 320 g/mol. The second-order valence-electron chi connectivity index (χ2n) is 5.62. The van der Waals surface area contributed by atoms with E-state index in [-0.39, 0.29) is 23.7 Å². The lowest BCUT2D eigenvalue weighted by molar-refractivity contribution is -0.483. The van der Waals surface area contributed by atoms with Crippen molar-refractivity contribution < 1.29 is 9.72 Å². The number of hydrogen-bond acceptors (Lipinski definition) is 4. The van der Waals surface area contributed by atoms with Crippen molar-refractivity contribution in [1.82, 2.24) is 4.98 Å². The fourth-order valence-electron chi connectivity index (χ4n) is 2.92. The molecule has 0 aliphatic rings. The number of carbonyl (C=O) groups excluding carboxylic acids is 1. The number of benzene rings is 2. The van der Waals surface area contributed by atoms with Crippen LogP contribution in [0.25, 0.3) is 10.8 Å². The molecule has 0 spiro atoms. The first-order valence-electron chi connectivity index (χ1n) is 7.69. The molecule has 0 bridgehead atoms. The Morgan fingerprint density at radius 1 is 1.04 bits per heavy atom. The Hall–Kier alpha value is -3.08. The number of hydrogen-bond donors (Lipinski definition) is 0. The Morgan fingerprint density at radius 3 is 2.54 bits per heavy atom. The van der Waals surface area contributed by atoms with E-state index in [0.29, 0.717) is 5.69 Å². The molecule has 3 rings (SSSR count). The zero-order valence-corrected chi connectivity index (χ0v) is 13.0. The van der Waals surface area contributed by atoms with E-state index in [1.54, 1.807) is 24.4 Å². The first-order chi connectivity index (χ1) is 11.6. The zero-order chi connectivity index (χ0) is 16.9. The summed E-state index contributed by atoms with van der Waals surface area (Å²) in [5.41, 5.74) is 1.17. The second kappa shape index (κ2) is 7.00. The summed E-state index contributed by atoms with van der Waals surface area (Å²) in [5, 5.41) is 13.1. The Labute approximate surface area is 139 Å². The zero-order valence-electron chi connectivity index (χ0n) is 13.0. The number of aromatic nitrogens is 1. The molecule has 0 fully saturated rings. The highest BCUT2D eigenvalue weighted by molar-refractivity contribution is 5.95. The monoisotopic (exact) mass is 320 g/mol. The number of pyridine rings is 1. The summed E-state index contributed by atoms with van der Waals surface area (Å²) in [6.45, 7) is -0.285. The molecule has 2 aromatic carbocycles. The second-order valence-corrected chi connectivity index (χ2v) is 5.62. The first kappa shape index (κ1) is 15.8. The van der Waals surface area contributed by atoms with Gasteiger partial charge in [0.15, 0.2) is 5.78 Å². The minimum Gasteiger partial charge on any atom is -0.292 e. The van der Waals surface area contributed by atoms with Gasteiger partial charge in [-0.05, 0) is 28.5 Å². The van der Waals surface area contributed by atoms with E-state index < -0.39 is 5.92 Å². The molecule has 3 aromatic rings. The molecule has 1 atom stereocenters. The molecule has 5 nitrogen and oxygen atoms in total. The van der Waals surface area contributed by atoms with Gasteiger partial charge in [0.1, 0.15) is 5.69 Å². The van der Waals surface area contributed by atoms with Crippen molar-refractivity contribution in [3.8, 4) is 0 Å². The fraction of sp³-hybridized carbons (Fsp3) is 0.158. The predicted molar refractivity (Wildman–Crippen MR) is 91.7 cm³/mol. The Morgan fingerprint density at radius 2 is 1.79 bits per heavy atom. The molecule has 0 unspecified atom stereocenters. The van der Waals surface area contributed by atoms with Crippen molar-refractivity contribution in [2.75, 3.05) is 6.54 Å². The Balaban J connectivity index is 1.97. The normalized spacial score (nSPS) is 12.0. The van der Waals surface area contributed by atoms with Gasteiger partial charge in [-0.1, -0.05) is 48.5 Å². The molecule has 0 amide bonds. The predicted octanol–water partition coefficient (Wildman–Crippen LogP) is 3.87. The minimum atomic E-state index is -0.486. The van der Waals surface area contributed by atoms with Gasteiger partial charge in [0.05, 0.1) is 5.92 Å². The quantitative estimate of drug-likeness (QED) is 0.392. The largest absolute Gasteiger partial charge is 0.292 e. The number of fused-ring (bicyclic) bond motifs is 1. The maximum atomic E-state index is 12.5. The Bertz CT molecular complexity index is 873. The summed E-state index contributed by atoms with van der Waals surface area (Å²) in [5.74, 6) is -0.670. The van der Waals surface area contributed by atoms with Gasteiger partial charge in [0.2, 0.25) is 6.54 Å². The lowest BCUT2D eigenvalue weighted by atomic mass is 9.89. The van der Waals surface area contributed by atoms with Crippen LogP contribution in [0.5, 0.6) is 0 Å². The maximum Gasteiger partial charge on any atom is 0.211 e. The van der Waals surface area contributed by atoms with Crippen molar-refractivity contribution >= 4 is 16.6 Å². The summed E-state index contributed by atoms with van der Waals surface area (Å²) in [7, 11) is 0. The van der Waals surface area contributed by atoms with Crippen LogP contribution in [0.1, 0.15) is 28.4 Å². The summed E-state index contributed by atoms with van der Waals surface area (Å²) < 4.78 is 0. The fourth-order valence-corrected chi connectivity index (χ4v) is 2.92. The van der Waals surface area contributed by atoms with E-state index in [1.165, 1.54) is 0 Å². The van der Waals surface area contributed by atoms with E-state index in [0.717, 1.165) is 16.3 Å². The van der Waals surface area contributed by atoms with Gasteiger partial charge in [-0.3, -0.25) is 19.9 Å². The number of carbonyl (C=O) groups is 1. The van der Waals surface area contributed by atoms with Crippen molar-refractivity contribution in [2.24, 2.45) is 0 Å². The van der Waals surface area contributed by atoms with Crippen LogP contribution in [0.15, 0.2) is 66.9 Å². The molecule has 0 aliphatic heterocycles. The molecule has 24 heavy (non-hydrogen) atoms. The molecular formula is C19H16N2O3. The molecule has 0 saturated carbocycles. The first-order valence-corrected chi connectivity index (χ1v) is 7.69. The van der Waals surface area contributed by atoms with Crippen LogP contribution in [0.2, 0.25) is 0 Å². The van der Waals surface area contributed by atoms with Crippen LogP contribution in [0.4, 0.5) is 0 Å². The standard InChI is InChI=1S/C19H16N2O3/c22-19(18-10-3-4-11-20-18)12-15(13-21(23)24)17-9-5-7-14-6-1-2-8-16(14)17/h1-11,15H,12-13H2/t15-/m1/s1. The summed E-state index contributed by atoms with van der Waals surface area (Å²) in [6, 6.07) is 18.5. The number of nitrogens with zero attached hydrogens (tertiary/aromatic N) is 2. The van der Waals surface area contributed by atoms with Crippen LogP contribution in [-0.4, -0.2) is 22.2 Å². The van der Waals surface area contributed by atoms with Gasteiger partial charge in [-0.15, -0.1) is 0 Å². The van der Waals surface area contributed by atoms with Gasteiger partial charge in [-0.25, -0.2) is 0 Å². The van der Waals surface area contributed by atoms with Gasteiger partial charge >= 0.3 is 0 Å². The van der Waals surface area contributed by atoms with Crippen LogP contribution in [0, 0.1) is 10.1 Å². The average Bonchev–Trinajstić information content (AvgIpc) is 2.61. The van der Waals surface area contributed by atoms with E-state index in [9.17, 15) is 14.9 Å².